The number of benzene rings is 2. The van der Waals surface area contributed by atoms with E-state index in [4.69, 9.17) is 0 Å². The Morgan fingerprint density at radius 3 is 2.28 bits per heavy atom. The van der Waals surface area contributed by atoms with Crippen LogP contribution in [-0.2, 0) is 10.0 Å². The molecule has 0 saturated carbocycles. The van der Waals surface area contributed by atoms with Crippen LogP contribution in [0.4, 0.5) is 10.1 Å². The van der Waals surface area contributed by atoms with Gasteiger partial charge in [0, 0.05) is 37.9 Å². The number of anilines is 1. The van der Waals surface area contributed by atoms with E-state index in [0.29, 0.717) is 30.9 Å². The van der Waals surface area contributed by atoms with Crippen molar-refractivity contribution in [3.05, 3.63) is 57.9 Å². The lowest BCUT2D eigenvalue weighted by Crippen LogP contribution is -2.48. The van der Waals surface area contributed by atoms with E-state index in [-0.39, 0.29) is 21.6 Å². The average molecular weight is 436 g/mol. The van der Waals surface area contributed by atoms with Gasteiger partial charge in [0.15, 0.2) is 0 Å². The fraction of sp³-hybridized carbons (Fsp3) is 0.350. The van der Waals surface area contributed by atoms with Gasteiger partial charge in [-0.2, -0.15) is 4.31 Å². The zero-order valence-electron chi connectivity index (χ0n) is 16.2. The second-order valence-electron chi connectivity index (χ2n) is 7.33. The summed E-state index contributed by atoms with van der Waals surface area (Å²) in [6.07, 6.45) is 0. The van der Waals surface area contributed by atoms with E-state index in [2.05, 4.69) is 0 Å². The fourth-order valence-electron chi connectivity index (χ4n) is 3.65. The molecule has 9 heteroatoms. The van der Waals surface area contributed by atoms with E-state index < -0.39 is 10.0 Å². The maximum atomic E-state index is 13.1. The molecule has 1 aromatic heterocycles. The van der Waals surface area contributed by atoms with Crippen molar-refractivity contribution >= 4 is 37.3 Å². The van der Waals surface area contributed by atoms with Gasteiger partial charge in [0.25, 0.3) is 0 Å². The monoisotopic (exact) mass is 435 g/mol. The molecule has 1 fully saturated rings. The lowest BCUT2D eigenvalue weighted by atomic mass is 10.2. The minimum absolute atomic E-state index is 0.0123. The summed E-state index contributed by atoms with van der Waals surface area (Å²) < 4.78 is 43.2. The minimum Gasteiger partial charge on any atom is -0.369 e. The summed E-state index contributed by atoms with van der Waals surface area (Å²) in [5.41, 5.74) is 1.64. The molecule has 1 saturated heterocycles. The predicted molar refractivity (Wildman–Crippen MR) is 114 cm³/mol. The van der Waals surface area contributed by atoms with Crippen LogP contribution in [0.25, 0.3) is 10.2 Å². The molecule has 4 rings (SSSR count). The van der Waals surface area contributed by atoms with Gasteiger partial charge in [-0.1, -0.05) is 11.3 Å². The Hall–Kier alpha value is -2.23. The zero-order chi connectivity index (χ0) is 20.8. The fourth-order valence-corrected chi connectivity index (χ4v) is 6.23. The van der Waals surface area contributed by atoms with E-state index in [1.807, 2.05) is 18.7 Å². The van der Waals surface area contributed by atoms with Gasteiger partial charge in [0.2, 0.25) is 10.0 Å². The first kappa shape index (κ1) is 20.1. The number of piperazine rings is 1. The maximum absolute atomic E-state index is 13.1. The summed E-state index contributed by atoms with van der Waals surface area (Å²) in [6.45, 7) is 5.62. The van der Waals surface area contributed by atoms with Crippen LogP contribution in [0.15, 0.2) is 52.2 Å². The van der Waals surface area contributed by atoms with Crippen LogP contribution >= 0.6 is 11.3 Å². The van der Waals surface area contributed by atoms with Crippen LogP contribution in [0.5, 0.6) is 0 Å². The number of hydrogen-bond acceptors (Lipinski definition) is 5. The van der Waals surface area contributed by atoms with Crippen molar-refractivity contribution in [2.24, 2.45) is 0 Å². The molecule has 0 bridgehead atoms. The molecule has 6 nitrogen and oxygen atoms in total. The lowest BCUT2D eigenvalue weighted by molar-refractivity contribution is 0.385. The van der Waals surface area contributed by atoms with Gasteiger partial charge in [0.1, 0.15) is 5.82 Å². The molecule has 0 atom stereocenters. The number of rotatable bonds is 4. The quantitative estimate of drug-likeness (QED) is 0.631. The third-order valence-corrected chi connectivity index (χ3v) is 7.98. The Morgan fingerprint density at radius 2 is 1.66 bits per heavy atom. The minimum atomic E-state index is -3.65. The second kappa shape index (κ2) is 7.55. The van der Waals surface area contributed by atoms with Crippen molar-refractivity contribution in [3.8, 4) is 0 Å². The zero-order valence-corrected chi connectivity index (χ0v) is 17.8. The number of hydrogen-bond donors (Lipinski definition) is 0. The third-order valence-electron chi connectivity index (χ3n) is 5.17. The highest BCUT2D eigenvalue weighted by atomic mass is 32.2. The van der Waals surface area contributed by atoms with Crippen LogP contribution in [0, 0.1) is 5.82 Å². The SMILES string of the molecule is CC(C)n1c(=O)sc2cc(S(=O)(=O)N3CCN(c4ccc(F)cc4)CC3)ccc21. The molecule has 154 valence electrons. The summed E-state index contributed by atoms with van der Waals surface area (Å²) in [6, 6.07) is 11.1. The molecule has 0 aliphatic carbocycles. The normalized spacial score (nSPS) is 16.1. The molecule has 0 N–H and O–H groups in total. The van der Waals surface area contributed by atoms with Gasteiger partial charge in [-0.25, -0.2) is 12.8 Å². The molecule has 0 amide bonds. The molecule has 1 aliphatic heterocycles. The predicted octanol–water partition coefficient (Wildman–Crippen LogP) is 3.29. The molecular formula is C20H22FN3O3S2. The van der Waals surface area contributed by atoms with Gasteiger partial charge in [0.05, 0.1) is 15.1 Å². The van der Waals surface area contributed by atoms with Gasteiger partial charge in [-0.05, 0) is 56.3 Å². The van der Waals surface area contributed by atoms with Gasteiger partial charge in [-0.3, -0.25) is 9.36 Å². The van der Waals surface area contributed by atoms with Crippen molar-refractivity contribution in [2.75, 3.05) is 31.1 Å². The van der Waals surface area contributed by atoms with Crippen LogP contribution in [-0.4, -0.2) is 43.5 Å². The number of aromatic nitrogens is 1. The van der Waals surface area contributed by atoms with Crippen LogP contribution < -0.4 is 9.77 Å². The summed E-state index contributed by atoms with van der Waals surface area (Å²) in [4.78, 5) is 14.4. The smallest absolute Gasteiger partial charge is 0.308 e. The summed E-state index contributed by atoms with van der Waals surface area (Å²) in [7, 11) is -3.65. The van der Waals surface area contributed by atoms with Crippen LogP contribution in [0.2, 0.25) is 0 Å². The van der Waals surface area contributed by atoms with Crippen molar-refractivity contribution in [2.45, 2.75) is 24.8 Å². The molecule has 2 heterocycles. The molecule has 2 aromatic carbocycles. The molecule has 3 aromatic rings. The first-order valence-corrected chi connectivity index (χ1v) is 11.7. The van der Waals surface area contributed by atoms with Gasteiger partial charge < -0.3 is 4.90 Å². The maximum Gasteiger partial charge on any atom is 0.308 e. The summed E-state index contributed by atoms with van der Waals surface area (Å²) in [5.74, 6) is -0.293. The Balaban J connectivity index is 1.56. The Labute approximate surface area is 172 Å². The largest absolute Gasteiger partial charge is 0.369 e. The highest BCUT2D eigenvalue weighted by molar-refractivity contribution is 7.89. The second-order valence-corrected chi connectivity index (χ2v) is 10.3. The number of nitrogens with zero attached hydrogens (tertiary/aromatic N) is 3. The Bertz CT molecular complexity index is 1190. The highest BCUT2D eigenvalue weighted by Crippen LogP contribution is 2.27. The Kier molecular flexibility index (Phi) is 5.22. The molecule has 0 spiro atoms. The number of sulfonamides is 1. The van der Waals surface area contributed by atoms with Crippen molar-refractivity contribution in [3.63, 3.8) is 0 Å². The lowest BCUT2D eigenvalue weighted by Gasteiger charge is -2.35. The van der Waals surface area contributed by atoms with E-state index in [1.165, 1.54) is 16.4 Å². The van der Waals surface area contributed by atoms with E-state index in [1.54, 1.807) is 34.9 Å². The number of halogens is 1. The topological polar surface area (TPSA) is 62.6 Å². The summed E-state index contributed by atoms with van der Waals surface area (Å²) >= 11 is 1.07. The van der Waals surface area contributed by atoms with Crippen LogP contribution in [0.3, 0.4) is 0 Å². The van der Waals surface area contributed by atoms with Crippen LogP contribution in [0.1, 0.15) is 19.9 Å². The van der Waals surface area contributed by atoms with E-state index >= 15 is 0 Å². The molecular weight excluding hydrogens is 413 g/mol. The van der Waals surface area contributed by atoms with Crippen molar-refractivity contribution < 1.29 is 12.8 Å². The average Bonchev–Trinajstić information content (AvgIpc) is 3.03. The molecule has 0 radical (unpaired) electrons. The van der Waals surface area contributed by atoms with E-state index in [9.17, 15) is 17.6 Å². The number of thiazole rings is 1. The standard InChI is InChI=1S/C20H22FN3O3S2/c1-14(2)24-18-8-7-17(13-19(18)28-20(24)25)29(26,27)23-11-9-22(10-12-23)16-5-3-15(21)4-6-16/h3-8,13-14H,9-12H2,1-2H3. The van der Waals surface area contributed by atoms with Crippen molar-refractivity contribution in [1.82, 2.24) is 8.87 Å². The molecule has 29 heavy (non-hydrogen) atoms. The summed E-state index contributed by atoms with van der Waals surface area (Å²) in [5, 5.41) is 0. The molecule has 0 unspecified atom stereocenters. The van der Waals surface area contributed by atoms with Gasteiger partial charge >= 0.3 is 4.87 Å². The first-order valence-electron chi connectivity index (χ1n) is 9.43. The number of fused-ring (bicyclic) bond motifs is 1. The van der Waals surface area contributed by atoms with E-state index in [0.717, 1.165) is 22.5 Å². The highest BCUT2D eigenvalue weighted by Gasteiger charge is 2.29. The van der Waals surface area contributed by atoms with Gasteiger partial charge in [-0.15, -0.1) is 0 Å². The Morgan fingerprint density at radius 1 is 1.00 bits per heavy atom. The third kappa shape index (κ3) is 3.70. The van der Waals surface area contributed by atoms with Crippen molar-refractivity contribution in [1.29, 1.82) is 0 Å². The first-order chi connectivity index (χ1) is 13.8. The molecule has 1 aliphatic rings.